The molecule has 0 spiro atoms. The highest BCUT2D eigenvalue weighted by Crippen LogP contribution is 2.66. The first kappa shape index (κ1) is 18.5. The van der Waals surface area contributed by atoms with E-state index >= 15 is 0 Å². The molecule has 2 heterocycles. The molecule has 128 valence electrons. The van der Waals surface area contributed by atoms with Crippen LogP contribution in [-0.2, 0) is 13.6 Å². The summed E-state index contributed by atoms with van der Waals surface area (Å²) in [6.45, 7) is 10.1. The molecule has 1 aromatic rings. The van der Waals surface area contributed by atoms with Crippen LogP contribution in [0.15, 0.2) is 27.5 Å². The molecule has 0 saturated carbocycles. The van der Waals surface area contributed by atoms with E-state index in [0.29, 0.717) is 30.1 Å². The lowest BCUT2D eigenvalue weighted by Gasteiger charge is -2.38. The van der Waals surface area contributed by atoms with Gasteiger partial charge in [0.2, 0.25) is 0 Å². The van der Waals surface area contributed by atoms with Crippen molar-refractivity contribution in [3.63, 3.8) is 0 Å². The average molecular weight is 358 g/mol. The third-order valence-electron chi connectivity index (χ3n) is 3.47. The number of hydrogen-bond acceptors (Lipinski definition) is 6. The fourth-order valence-corrected chi connectivity index (χ4v) is 6.54. The molecule has 1 aliphatic heterocycles. The fraction of sp³-hybridized carbons (Fsp3) is 0.600. The Morgan fingerprint density at radius 3 is 2.39 bits per heavy atom. The van der Waals surface area contributed by atoms with Crippen LogP contribution in [0.4, 0.5) is 0 Å². The van der Waals surface area contributed by atoms with Crippen LogP contribution >= 0.6 is 19.4 Å². The van der Waals surface area contributed by atoms with Crippen LogP contribution in [0.1, 0.15) is 41.0 Å². The summed E-state index contributed by atoms with van der Waals surface area (Å²) in [5, 5.41) is 1.25. The summed E-state index contributed by atoms with van der Waals surface area (Å²) in [7, 11) is -3.42. The smallest absolute Gasteiger partial charge is 0.306 e. The lowest BCUT2D eigenvalue weighted by Crippen LogP contribution is -2.29. The Balaban J connectivity index is 2.76. The maximum atomic E-state index is 13.4. The third kappa shape index (κ3) is 3.48. The Morgan fingerprint density at radius 2 is 1.87 bits per heavy atom. The number of allylic oxidation sites excluding steroid dienone is 1. The summed E-state index contributed by atoms with van der Waals surface area (Å²) in [5.41, 5.74) is 0.540. The van der Waals surface area contributed by atoms with Gasteiger partial charge in [0.05, 0.1) is 23.3 Å². The van der Waals surface area contributed by atoms with Crippen LogP contribution < -0.4 is 5.56 Å². The second-order valence-corrected chi connectivity index (χ2v) is 9.06. The fourth-order valence-electron chi connectivity index (χ4n) is 2.73. The first-order chi connectivity index (χ1) is 10.8. The first-order valence-corrected chi connectivity index (χ1v) is 10.1. The van der Waals surface area contributed by atoms with E-state index in [1.54, 1.807) is 20.0 Å². The molecular weight excluding hydrogens is 335 g/mol. The van der Waals surface area contributed by atoms with E-state index < -0.39 is 12.3 Å². The summed E-state index contributed by atoms with van der Waals surface area (Å²) in [6.07, 6.45) is 2.30. The Hall–Kier alpha value is -0.880. The minimum Gasteiger partial charge on any atom is -0.306 e. The summed E-state index contributed by atoms with van der Waals surface area (Å²) in [4.78, 5) is 15.7. The quantitative estimate of drug-likeness (QED) is 0.566. The van der Waals surface area contributed by atoms with Gasteiger partial charge in [0.15, 0.2) is 5.16 Å². The molecule has 0 saturated heterocycles. The predicted octanol–water partition coefficient (Wildman–Crippen LogP) is 3.97. The zero-order valence-electron chi connectivity index (χ0n) is 14.2. The van der Waals surface area contributed by atoms with Gasteiger partial charge in [-0.05, 0) is 34.1 Å². The molecule has 0 atom stereocenters. The highest BCUT2D eigenvalue weighted by molar-refractivity contribution is 8.01. The molecule has 1 aromatic heterocycles. The van der Waals surface area contributed by atoms with Gasteiger partial charge >= 0.3 is 7.60 Å². The van der Waals surface area contributed by atoms with Crippen molar-refractivity contribution in [2.24, 2.45) is 0 Å². The minimum absolute atomic E-state index is 0.281. The van der Waals surface area contributed by atoms with Crippen molar-refractivity contribution >= 4 is 25.1 Å². The van der Waals surface area contributed by atoms with Crippen molar-refractivity contribution in [3.8, 4) is 0 Å². The normalized spacial score (nSPS) is 17.3. The van der Waals surface area contributed by atoms with E-state index in [0.717, 1.165) is 5.70 Å². The summed E-state index contributed by atoms with van der Waals surface area (Å²) in [5.74, 6) is 0. The van der Waals surface area contributed by atoms with Gasteiger partial charge in [-0.15, -0.1) is 0 Å². The van der Waals surface area contributed by atoms with Crippen LogP contribution in [0.2, 0.25) is 0 Å². The molecule has 0 N–H and O–H groups in total. The minimum atomic E-state index is -3.42. The molecule has 0 radical (unpaired) electrons. The number of rotatable bonds is 6. The van der Waals surface area contributed by atoms with Gasteiger partial charge in [-0.2, -0.15) is 4.98 Å². The number of aromatic nitrogens is 2. The van der Waals surface area contributed by atoms with Gasteiger partial charge in [-0.25, -0.2) is 0 Å². The molecule has 6 nitrogen and oxygen atoms in total. The van der Waals surface area contributed by atoms with E-state index in [4.69, 9.17) is 9.05 Å². The molecule has 2 rings (SSSR count). The molecule has 8 heteroatoms. The van der Waals surface area contributed by atoms with Gasteiger partial charge in [0.1, 0.15) is 0 Å². The largest absolute Gasteiger partial charge is 0.360 e. The summed E-state index contributed by atoms with van der Waals surface area (Å²) >= 11 is 1.40. The van der Waals surface area contributed by atoms with Crippen LogP contribution in [0, 0.1) is 0 Å². The van der Waals surface area contributed by atoms with Crippen molar-refractivity contribution in [3.05, 3.63) is 27.9 Å². The third-order valence-corrected chi connectivity index (χ3v) is 7.36. The number of fused-ring (bicyclic) bond motifs is 1. The predicted molar refractivity (Wildman–Crippen MR) is 92.8 cm³/mol. The summed E-state index contributed by atoms with van der Waals surface area (Å²) < 4.78 is 25.9. The van der Waals surface area contributed by atoms with E-state index in [1.807, 2.05) is 25.3 Å². The highest BCUT2D eigenvalue weighted by Gasteiger charge is 2.46. The van der Waals surface area contributed by atoms with Gasteiger partial charge in [0.25, 0.3) is 5.56 Å². The van der Waals surface area contributed by atoms with E-state index in [9.17, 15) is 9.36 Å². The number of hydrogen-bond donors (Lipinski definition) is 0. The Morgan fingerprint density at radius 1 is 1.26 bits per heavy atom. The molecule has 0 amide bonds. The zero-order valence-corrected chi connectivity index (χ0v) is 15.9. The average Bonchev–Trinajstić information content (AvgIpc) is 2.44. The molecule has 0 unspecified atom stereocenters. The molecule has 0 aromatic carbocycles. The monoisotopic (exact) mass is 358 g/mol. The Labute approximate surface area is 140 Å². The van der Waals surface area contributed by atoms with Crippen molar-refractivity contribution < 1.29 is 13.6 Å². The van der Waals surface area contributed by atoms with Crippen molar-refractivity contribution in [2.75, 3.05) is 13.2 Å². The Bertz CT molecular complexity index is 716. The maximum Gasteiger partial charge on any atom is 0.360 e. The SMILES string of the molecule is CCOP(=O)(OCC)C1=C(CC)n2ccc(=O)nc2SC1(C)C. The molecular formula is C15H23N2O4PS. The molecule has 1 aliphatic rings. The van der Waals surface area contributed by atoms with Crippen LogP contribution in [-0.4, -0.2) is 27.5 Å². The highest BCUT2D eigenvalue weighted by atomic mass is 32.2. The second-order valence-electron chi connectivity index (χ2n) is 5.51. The number of nitrogens with zero attached hydrogens (tertiary/aromatic N) is 2. The zero-order chi connectivity index (χ0) is 17.3. The van der Waals surface area contributed by atoms with Gasteiger partial charge in [-0.1, -0.05) is 18.7 Å². The van der Waals surface area contributed by atoms with Crippen LogP contribution in [0.5, 0.6) is 0 Å². The lowest BCUT2D eigenvalue weighted by atomic mass is 10.1. The standard InChI is InChI=1S/C15H23N2O4PS/c1-6-11-13(22(19,20-7-2)21-8-3)15(4,5)23-14-16-12(18)9-10-17(11)14/h9-10H,6-8H2,1-5H3. The molecule has 0 bridgehead atoms. The number of thioether (sulfide) groups is 1. The van der Waals surface area contributed by atoms with E-state index in [2.05, 4.69) is 4.98 Å². The molecule has 0 fully saturated rings. The van der Waals surface area contributed by atoms with Crippen molar-refractivity contribution in [1.82, 2.24) is 9.55 Å². The van der Waals surface area contributed by atoms with E-state index in [1.165, 1.54) is 17.8 Å². The van der Waals surface area contributed by atoms with Gasteiger partial charge in [0, 0.05) is 18.0 Å². The maximum absolute atomic E-state index is 13.4. The van der Waals surface area contributed by atoms with Crippen molar-refractivity contribution in [1.29, 1.82) is 0 Å². The van der Waals surface area contributed by atoms with E-state index in [-0.39, 0.29) is 5.56 Å². The lowest BCUT2D eigenvalue weighted by molar-refractivity contribution is 0.224. The van der Waals surface area contributed by atoms with Gasteiger partial charge in [-0.3, -0.25) is 13.9 Å². The van der Waals surface area contributed by atoms with Crippen LogP contribution in [0.3, 0.4) is 0 Å². The Kier molecular flexibility index (Phi) is 5.56. The summed E-state index contributed by atoms with van der Waals surface area (Å²) in [6, 6.07) is 1.40. The van der Waals surface area contributed by atoms with Crippen molar-refractivity contribution in [2.45, 2.75) is 50.9 Å². The second kappa shape index (κ2) is 6.93. The van der Waals surface area contributed by atoms with Crippen LogP contribution in [0.25, 0.3) is 5.70 Å². The first-order valence-electron chi connectivity index (χ1n) is 7.71. The topological polar surface area (TPSA) is 70.4 Å². The van der Waals surface area contributed by atoms with Gasteiger partial charge < -0.3 is 9.05 Å². The molecule has 0 aliphatic carbocycles. The molecule has 23 heavy (non-hydrogen) atoms.